The molecular weight excluding hydrogens is 182 g/mol. The highest BCUT2D eigenvalue weighted by Crippen LogP contribution is 2.25. The van der Waals surface area contributed by atoms with E-state index in [0.717, 1.165) is 6.54 Å². The summed E-state index contributed by atoms with van der Waals surface area (Å²) in [5.41, 5.74) is 4.24. The van der Waals surface area contributed by atoms with Crippen LogP contribution in [0.4, 0.5) is 0 Å². The molecule has 0 amide bonds. The molecule has 0 aromatic heterocycles. The molecule has 1 nitrogen and oxygen atoms in total. The molecule has 0 radical (unpaired) electrons. The van der Waals surface area contributed by atoms with Gasteiger partial charge in [0, 0.05) is 0 Å². The number of rotatable bonds is 4. The summed E-state index contributed by atoms with van der Waals surface area (Å²) in [7, 11) is 2.02. The van der Waals surface area contributed by atoms with Crippen molar-refractivity contribution in [2.75, 3.05) is 13.6 Å². The molecule has 1 rings (SSSR count). The van der Waals surface area contributed by atoms with Crippen LogP contribution in [0.5, 0.6) is 0 Å². The summed E-state index contributed by atoms with van der Waals surface area (Å²) in [6.45, 7) is 10.0. The van der Waals surface area contributed by atoms with Gasteiger partial charge in [-0.2, -0.15) is 0 Å². The summed E-state index contributed by atoms with van der Waals surface area (Å²) in [5.74, 6) is 1.30. The SMILES string of the molecule is CNCC(C)C(C)c1ccc(C)c(C)c1. The van der Waals surface area contributed by atoms with Gasteiger partial charge in [0.1, 0.15) is 0 Å². The van der Waals surface area contributed by atoms with Gasteiger partial charge in [-0.25, -0.2) is 0 Å². The molecule has 2 unspecified atom stereocenters. The zero-order chi connectivity index (χ0) is 11.4. The van der Waals surface area contributed by atoms with E-state index in [1.807, 2.05) is 7.05 Å². The first kappa shape index (κ1) is 12.3. The van der Waals surface area contributed by atoms with Crippen LogP contribution < -0.4 is 5.32 Å². The molecule has 0 aliphatic heterocycles. The molecule has 1 heteroatoms. The van der Waals surface area contributed by atoms with E-state index < -0.39 is 0 Å². The fourth-order valence-electron chi connectivity index (χ4n) is 1.88. The molecule has 0 aliphatic carbocycles. The third-order valence-corrected chi connectivity index (χ3v) is 3.44. The number of nitrogens with one attached hydrogen (secondary N) is 1. The second kappa shape index (κ2) is 5.32. The summed E-state index contributed by atoms with van der Waals surface area (Å²) >= 11 is 0. The quantitative estimate of drug-likeness (QED) is 0.795. The summed E-state index contributed by atoms with van der Waals surface area (Å²) in [6, 6.07) is 6.82. The fourth-order valence-corrected chi connectivity index (χ4v) is 1.88. The minimum atomic E-state index is 0.622. The maximum Gasteiger partial charge on any atom is -0.00204 e. The van der Waals surface area contributed by atoms with Crippen molar-refractivity contribution in [1.29, 1.82) is 0 Å². The number of hydrogen-bond acceptors (Lipinski definition) is 1. The van der Waals surface area contributed by atoms with Crippen molar-refractivity contribution in [2.45, 2.75) is 33.6 Å². The Labute approximate surface area is 93.9 Å². The van der Waals surface area contributed by atoms with Crippen LogP contribution in [0.15, 0.2) is 18.2 Å². The van der Waals surface area contributed by atoms with Gasteiger partial charge in [-0.05, 0) is 56.0 Å². The lowest BCUT2D eigenvalue weighted by Crippen LogP contribution is -2.20. The number of hydrogen-bond donors (Lipinski definition) is 1. The van der Waals surface area contributed by atoms with E-state index in [9.17, 15) is 0 Å². The van der Waals surface area contributed by atoms with Gasteiger partial charge in [-0.15, -0.1) is 0 Å². The summed E-state index contributed by atoms with van der Waals surface area (Å²) in [6.07, 6.45) is 0. The van der Waals surface area contributed by atoms with E-state index in [4.69, 9.17) is 0 Å². The van der Waals surface area contributed by atoms with Crippen molar-refractivity contribution in [3.8, 4) is 0 Å². The van der Waals surface area contributed by atoms with Gasteiger partial charge in [0.05, 0.1) is 0 Å². The van der Waals surface area contributed by atoms with Crippen molar-refractivity contribution in [3.63, 3.8) is 0 Å². The van der Waals surface area contributed by atoms with E-state index in [-0.39, 0.29) is 0 Å². The molecule has 84 valence electrons. The highest BCUT2D eigenvalue weighted by atomic mass is 14.8. The summed E-state index contributed by atoms with van der Waals surface area (Å²) in [5, 5.41) is 3.24. The fraction of sp³-hybridized carbons (Fsp3) is 0.571. The molecule has 0 bridgehead atoms. The van der Waals surface area contributed by atoms with E-state index in [2.05, 4.69) is 51.2 Å². The van der Waals surface area contributed by atoms with Crippen molar-refractivity contribution in [3.05, 3.63) is 34.9 Å². The van der Waals surface area contributed by atoms with Gasteiger partial charge in [0.25, 0.3) is 0 Å². The minimum Gasteiger partial charge on any atom is -0.319 e. The largest absolute Gasteiger partial charge is 0.319 e. The Hall–Kier alpha value is -0.820. The molecule has 1 aromatic carbocycles. The van der Waals surface area contributed by atoms with Crippen LogP contribution in [0.1, 0.15) is 36.5 Å². The Balaban J connectivity index is 2.81. The molecule has 0 spiro atoms. The lowest BCUT2D eigenvalue weighted by Gasteiger charge is -2.20. The van der Waals surface area contributed by atoms with Gasteiger partial charge in [0.2, 0.25) is 0 Å². The Kier molecular flexibility index (Phi) is 4.34. The predicted molar refractivity (Wildman–Crippen MR) is 67.4 cm³/mol. The number of aryl methyl sites for hydroxylation is 2. The Morgan fingerprint density at radius 2 is 1.80 bits per heavy atom. The lowest BCUT2D eigenvalue weighted by molar-refractivity contribution is 0.466. The van der Waals surface area contributed by atoms with Crippen LogP contribution in [0.2, 0.25) is 0 Å². The monoisotopic (exact) mass is 205 g/mol. The molecule has 1 N–H and O–H groups in total. The Morgan fingerprint density at radius 3 is 2.33 bits per heavy atom. The topological polar surface area (TPSA) is 12.0 Å². The maximum absolute atomic E-state index is 3.24. The molecule has 0 saturated heterocycles. The first-order valence-electron chi connectivity index (χ1n) is 5.78. The van der Waals surface area contributed by atoms with E-state index in [1.165, 1.54) is 16.7 Å². The highest BCUT2D eigenvalue weighted by Gasteiger charge is 2.13. The number of benzene rings is 1. The van der Waals surface area contributed by atoms with Crippen LogP contribution in [-0.4, -0.2) is 13.6 Å². The molecule has 0 fully saturated rings. The van der Waals surface area contributed by atoms with Crippen molar-refractivity contribution in [2.24, 2.45) is 5.92 Å². The zero-order valence-electron chi connectivity index (χ0n) is 10.6. The molecule has 0 heterocycles. The average Bonchev–Trinajstić information content (AvgIpc) is 2.21. The second-order valence-corrected chi connectivity index (χ2v) is 4.67. The van der Waals surface area contributed by atoms with Crippen LogP contribution in [0.3, 0.4) is 0 Å². The standard InChI is InChI=1S/C14H23N/c1-10-6-7-14(8-11(10)2)13(4)12(3)9-15-5/h6-8,12-13,15H,9H2,1-5H3. The molecule has 1 aromatic rings. The molecule has 2 atom stereocenters. The van der Waals surface area contributed by atoms with E-state index >= 15 is 0 Å². The smallest absolute Gasteiger partial charge is 0.00204 e. The first-order valence-corrected chi connectivity index (χ1v) is 5.78. The summed E-state index contributed by atoms with van der Waals surface area (Å²) < 4.78 is 0. The van der Waals surface area contributed by atoms with Gasteiger partial charge >= 0.3 is 0 Å². The van der Waals surface area contributed by atoms with Crippen LogP contribution >= 0.6 is 0 Å². The van der Waals surface area contributed by atoms with Gasteiger partial charge in [0.15, 0.2) is 0 Å². The van der Waals surface area contributed by atoms with Gasteiger partial charge < -0.3 is 5.32 Å². The van der Waals surface area contributed by atoms with Gasteiger partial charge in [-0.3, -0.25) is 0 Å². The molecular formula is C14H23N. The first-order chi connectivity index (χ1) is 7.06. The van der Waals surface area contributed by atoms with Gasteiger partial charge in [-0.1, -0.05) is 32.0 Å². The summed E-state index contributed by atoms with van der Waals surface area (Å²) in [4.78, 5) is 0. The molecule has 0 aliphatic rings. The zero-order valence-corrected chi connectivity index (χ0v) is 10.6. The van der Waals surface area contributed by atoms with Crippen molar-refractivity contribution < 1.29 is 0 Å². The molecule has 0 saturated carbocycles. The third kappa shape index (κ3) is 3.07. The predicted octanol–water partition coefficient (Wildman–Crippen LogP) is 3.26. The van der Waals surface area contributed by atoms with Crippen LogP contribution in [-0.2, 0) is 0 Å². The highest BCUT2D eigenvalue weighted by molar-refractivity contribution is 5.31. The lowest BCUT2D eigenvalue weighted by atomic mass is 9.87. The third-order valence-electron chi connectivity index (χ3n) is 3.44. The van der Waals surface area contributed by atoms with E-state index in [0.29, 0.717) is 11.8 Å². The van der Waals surface area contributed by atoms with E-state index in [1.54, 1.807) is 0 Å². The minimum absolute atomic E-state index is 0.622. The second-order valence-electron chi connectivity index (χ2n) is 4.67. The average molecular weight is 205 g/mol. The van der Waals surface area contributed by atoms with Crippen molar-refractivity contribution >= 4 is 0 Å². The van der Waals surface area contributed by atoms with Crippen LogP contribution in [0.25, 0.3) is 0 Å². The normalized spacial score (nSPS) is 15.0. The van der Waals surface area contributed by atoms with Crippen LogP contribution in [0, 0.1) is 19.8 Å². The Bertz CT molecular complexity index is 317. The maximum atomic E-state index is 3.24. The van der Waals surface area contributed by atoms with Crippen molar-refractivity contribution in [1.82, 2.24) is 5.32 Å². The Morgan fingerprint density at radius 1 is 1.13 bits per heavy atom. The molecule has 15 heavy (non-hydrogen) atoms.